The summed E-state index contributed by atoms with van der Waals surface area (Å²) >= 11 is 0. The second-order valence-electron chi connectivity index (χ2n) is 3.04. The third kappa shape index (κ3) is 1.79. The number of carbonyl (C=O) groups is 1. The van der Waals surface area contributed by atoms with Gasteiger partial charge in [-0.1, -0.05) is 19.1 Å². The van der Waals surface area contributed by atoms with Crippen molar-refractivity contribution in [2.45, 2.75) is 25.7 Å². The summed E-state index contributed by atoms with van der Waals surface area (Å²) in [6, 6.07) is 0. The van der Waals surface area contributed by atoms with E-state index < -0.39 is 0 Å². The Morgan fingerprint density at radius 2 is 2.18 bits per heavy atom. The maximum Gasteiger partial charge on any atom is 0.158 e. The van der Waals surface area contributed by atoms with Crippen LogP contribution in [-0.4, -0.2) is 5.78 Å². The van der Waals surface area contributed by atoms with Crippen LogP contribution in [0.3, 0.4) is 0 Å². The molecule has 11 heavy (non-hydrogen) atoms. The largest absolute Gasteiger partial charge is 0.295 e. The molecule has 1 aliphatic carbocycles. The van der Waals surface area contributed by atoms with E-state index in [2.05, 4.69) is 13.2 Å². The van der Waals surface area contributed by atoms with E-state index in [9.17, 15) is 4.79 Å². The molecule has 0 bridgehead atoms. The zero-order chi connectivity index (χ0) is 8.27. The van der Waals surface area contributed by atoms with Crippen molar-refractivity contribution in [1.82, 2.24) is 0 Å². The number of carbonyl (C=O) groups excluding carboxylic acids is 1. The van der Waals surface area contributed by atoms with Gasteiger partial charge in [-0.2, -0.15) is 0 Å². The smallest absolute Gasteiger partial charge is 0.158 e. The number of hydrogen-bond donors (Lipinski definition) is 0. The fourth-order valence-corrected chi connectivity index (χ4v) is 1.45. The van der Waals surface area contributed by atoms with Crippen LogP contribution < -0.4 is 0 Å². The molecule has 1 saturated carbocycles. The highest BCUT2D eigenvalue weighted by Gasteiger charge is 2.18. The predicted octanol–water partition coefficient (Wildman–Crippen LogP) is 2.49. The lowest BCUT2D eigenvalue weighted by atomic mass is 9.95. The molecule has 0 spiro atoms. The standard InChI is InChI=1S/C10H14O/c1-3-9-6-4-5-7-10(11)8(9)2/h3,9H,1-2,4-7H2/t9-/m0/s1. The second kappa shape index (κ2) is 3.51. The van der Waals surface area contributed by atoms with Crippen LogP contribution >= 0.6 is 0 Å². The van der Waals surface area contributed by atoms with E-state index in [0.717, 1.165) is 24.8 Å². The molecule has 1 rings (SSSR count). The second-order valence-corrected chi connectivity index (χ2v) is 3.04. The fraction of sp³-hybridized carbons (Fsp3) is 0.500. The lowest BCUT2D eigenvalue weighted by molar-refractivity contribution is -0.115. The molecule has 0 aromatic carbocycles. The van der Waals surface area contributed by atoms with Crippen LogP contribution in [0.4, 0.5) is 0 Å². The van der Waals surface area contributed by atoms with E-state index in [0.29, 0.717) is 6.42 Å². The first-order valence-electron chi connectivity index (χ1n) is 4.10. The lowest BCUT2D eigenvalue weighted by Gasteiger charge is -2.08. The molecule has 0 amide bonds. The topological polar surface area (TPSA) is 17.1 Å². The fourth-order valence-electron chi connectivity index (χ4n) is 1.45. The van der Waals surface area contributed by atoms with E-state index in [1.807, 2.05) is 6.08 Å². The van der Waals surface area contributed by atoms with E-state index in [4.69, 9.17) is 0 Å². The Kier molecular flexibility index (Phi) is 2.64. The molecule has 0 saturated heterocycles. The van der Waals surface area contributed by atoms with E-state index in [1.165, 1.54) is 0 Å². The third-order valence-electron chi connectivity index (χ3n) is 2.26. The number of ketones is 1. The monoisotopic (exact) mass is 150 g/mol. The summed E-state index contributed by atoms with van der Waals surface area (Å²) < 4.78 is 0. The number of rotatable bonds is 1. The molecular weight excluding hydrogens is 136 g/mol. The first-order chi connectivity index (χ1) is 5.25. The van der Waals surface area contributed by atoms with E-state index in [-0.39, 0.29) is 11.7 Å². The van der Waals surface area contributed by atoms with Crippen LogP contribution in [0.15, 0.2) is 24.8 Å². The molecule has 0 heterocycles. The highest BCUT2D eigenvalue weighted by molar-refractivity contribution is 5.95. The zero-order valence-electron chi connectivity index (χ0n) is 6.81. The van der Waals surface area contributed by atoms with Crippen molar-refractivity contribution >= 4 is 5.78 Å². The van der Waals surface area contributed by atoms with Gasteiger partial charge in [0, 0.05) is 12.3 Å². The van der Waals surface area contributed by atoms with Crippen molar-refractivity contribution in [3.63, 3.8) is 0 Å². The van der Waals surface area contributed by atoms with Crippen LogP contribution in [0.1, 0.15) is 25.7 Å². The summed E-state index contributed by atoms with van der Waals surface area (Å²) in [5.74, 6) is 0.470. The molecule has 1 heteroatoms. The quantitative estimate of drug-likeness (QED) is 0.319. The van der Waals surface area contributed by atoms with Gasteiger partial charge in [-0.25, -0.2) is 0 Å². The highest BCUT2D eigenvalue weighted by Crippen LogP contribution is 2.24. The molecule has 1 fully saturated rings. The maximum absolute atomic E-state index is 11.2. The van der Waals surface area contributed by atoms with Gasteiger partial charge in [0.25, 0.3) is 0 Å². The first-order valence-corrected chi connectivity index (χ1v) is 4.10. The number of hydrogen-bond acceptors (Lipinski definition) is 1. The third-order valence-corrected chi connectivity index (χ3v) is 2.26. The van der Waals surface area contributed by atoms with Gasteiger partial charge in [0.2, 0.25) is 0 Å². The van der Waals surface area contributed by atoms with Crippen LogP contribution in [0, 0.1) is 5.92 Å². The molecule has 0 unspecified atom stereocenters. The SMILES string of the molecule is C=C[C@H]1CCCCC(=O)C1=C. The Bertz CT molecular complexity index is 191. The van der Waals surface area contributed by atoms with Crippen LogP contribution in [-0.2, 0) is 4.79 Å². The summed E-state index contributed by atoms with van der Waals surface area (Å²) in [5.41, 5.74) is 0.762. The summed E-state index contributed by atoms with van der Waals surface area (Å²) in [6.45, 7) is 7.48. The molecule has 1 atom stereocenters. The Hall–Kier alpha value is -0.850. The van der Waals surface area contributed by atoms with Gasteiger partial charge >= 0.3 is 0 Å². The molecular formula is C10H14O. The minimum absolute atomic E-state index is 0.229. The van der Waals surface area contributed by atoms with Crippen molar-refractivity contribution in [2.75, 3.05) is 0 Å². The van der Waals surface area contributed by atoms with Crippen molar-refractivity contribution in [1.29, 1.82) is 0 Å². The predicted molar refractivity (Wildman–Crippen MR) is 46.3 cm³/mol. The van der Waals surface area contributed by atoms with Crippen molar-refractivity contribution in [3.05, 3.63) is 24.8 Å². The number of allylic oxidation sites excluding steroid dienone is 2. The molecule has 0 aromatic rings. The van der Waals surface area contributed by atoms with Crippen molar-refractivity contribution < 1.29 is 4.79 Å². The Morgan fingerprint density at radius 1 is 1.45 bits per heavy atom. The zero-order valence-corrected chi connectivity index (χ0v) is 6.81. The van der Waals surface area contributed by atoms with Gasteiger partial charge in [-0.15, -0.1) is 6.58 Å². The minimum Gasteiger partial charge on any atom is -0.295 e. The highest BCUT2D eigenvalue weighted by atomic mass is 16.1. The van der Waals surface area contributed by atoms with Crippen LogP contribution in [0.25, 0.3) is 0 Å². The molecule has 0 aromatic heterocycles. The van der Waals surface area contributed by atoms with Gasteiger partial charge in [-0.3, -0.25) is 4.79 Å². The van der Waals surface area contributed by atoms with Gasteiger partial charge < -0.3 is 0 Å². The summed E-state index contributed by atoms with van der Waals surface area (Å²) in [7, 11) is 0. The molecule has 1 aliphatic rings. The van der Waals surface area contributed by atoms with Crippen molar-refractivity contribution in [2.24, 2.45) is 5.92 Å². The molecule has 60 valence electrons. The summed E-state index contributed by atoms with van der Waals surface area (Å²) in [6.07, 6.45) is 5.71. The van der Waals surface area contributed by atoms with E-state index >= 15 is 0 Å². The van der Waals surface area contributed by atoms with Crippen molar-refractivity contribution in [3.8, 4) is 0 Å². The van der Waals surface area contributed by atoms with Crippen LogP contribution in [0.5, 0.6) is 0 Å². The number of Topliss-reactive ketones (excluding diaryl/α,β-unsaturated/α-hetero) is 1. The Morgan fingerprint density at radius 3 is 2.82 bits per heavy atom. The first kappa shape index (κ1) is 8.25. The molecule has 0 radical (unpaired) electrons. The molecule has 1 nitrogen and oxygen atoms in total. The maximum atomic E-state index is 11.2. The van der Waals surface area contributed by atoms with Gasteiger partial charge in [0.15, 0.2) is 5.78 Å². The Labute approximate surface area is 67.8 Å². The van der Waals surface area contributed by atoms with Crippen LogP contribution in [0.2, 0.25) is 0 Å². The average Bonchev–Trinajstić information content (AvgIpc) is 2.16. The average molecular weight is 150 g/mol. The molecule has 0 aliphatic heterocycles. The Balaban J connectivity index is 2.71. The minimum atomic E-state index is 0.229. The van der Waals surface area contributed by atoms with Gasteiger partial charge in [0.05, 0.1) is 0 Å². The van der Waals surface area contributed by atoms with Gasteiger partial charge in [0.1, 0.15) is 0 Å². The molecule has 0 N–H and O–H groups in total. The van der Waals surface area contributed by atoms with Gasteiger partial charge in [-0.05, 0) is 18.4 Å². The lowest BCUT2D eigenvalue weighted by Crippen LogP contribution is -2.06. The summed E-state index contributed by atoms with van der Waals surface area (Å²) in [5, 5.41) is 0. The summed E-state index contributed by atoms with van der Waals surface area (Å²) in [4.78, 5) is 11.2. The normalized spacial score (nSPS) is 26.4. The van der Waals surface area contributed by atoms with E-state index in [1.54, 1.807) is 0 Å².